The number of anilines is 1. The summed E-state index contributed by atoms with van der Waals surface area (Å²) in [6.07, 6.45) is 19.5. The van der Waals surface area contributed by atoms with Crippen LogP contribution < -0.4 is 40.5 Å². The Bertz CT molecular complexity index is 6910. The van der Waals surface area contributed by atoms with E-state index < -0.39 is 33.1 Å². The van der Waals surface area contributed by atoms with Gasteiger partial charge in [-0.1, -0.05) is 24.3 Å². The molecule has 0 atom stereocenters. The summed E-state index contributed by atoms with van der Waals surface area (Å²) in [4.78, 5) is 79.2. The minimum Gasteiger partial charge on any atom is -0.495 e. The summed E-state index contributed by atoms with van der Waals surface area (Å²) in [7, 11) is 1.57. The van der Waals surface area contributed by atoms with E-state index in [1.807, 2.05) is 73.2 Å². The van der Waals surface area contributed by atoms with Gasteiger partial charge < -0.3 is 59.4 Å². The maximum Gasteiger partial charge on any atom is 0.272 e. The number of Topliss-reactive ketones (excluding diaryl/α,β-unsaturated/α-hetero) is 1. The predicted molar refractivity (Wildman–Crippen MR) is 527 cm³/mol. The number of aromatic nitrogens is 8. The van der Waals surface area contributed by atoms with Gasteiger partial charge >= 0.3 is 0 Å². The van der Waals surface area contributed by atoms with Crippen LogP contribution in [-0.4, -0.2) is 189 Å². The van der Waals surface area contributed by atoms with Gasteiger partial charge in [-0.2, -0.15) is 0 Å². The molecule has 716 valence electrons. The second-order valence-electron chi connectivity index (χ2n) is 33.1. The number of fused-ring (bicyclic) bond motifs is 4. The molecule has 16 aromatic rings. The third kappa shape index (κ3) is 26.7. The van der Waals surface area contributed by atoms with Crippen LogP contribution >= 0.6 is 45.3 Å². The SMILES string of the molecule is C1COCCN1.COc1ccc(-c2cc3nccc(Oc4ccc([N+](=O)[O-])cc4F)c3s2)nc1.NC1CC1.Nc1ccc(Oc2ccnc3cc(-c4ccc(CN5CCOCC5)cn4)sc23)c(F)c1.O=C(Cc1ccc(Oc2ccnc3cc(-c4ccc(CN5CCOCC5)cn4)sc23)c(F)c1)CC1CC1.O=[N+]([O-])c1ccc(Oc2ccnc3cc(-c4ccc(CN5CCOCC5)cn4)sc23)c(F)c1. The van der Waals surface area contributed by atoms with E-state index >= 15 is 0 Å². The number of carbonyl (C=O) groups is 1. The normalized spacial score (nSPS) is 15.0. The number of nitrogens with two attached hydrogens (primary N) is 2. The molecule has 0 spiro atoms. The van der Waals surface area contributed by atoms with Crippen molar-refractivity contribution in [2.24, 2.45) is 11.7 Å². The Balaban J connectivity index is 0.000000124. The quantitative estimate of drug-likeness (QED) is 0.0207. The molecule has 5 N–H and O–H groups in total. The molecule has 4 aromatic carbocycles. The third-order valence-electron chi connectivity index (χ3n) is 22.7. The smallest absolute Gasteiger partial charge is 0.272 e. The molecule has 22 rings (SSSR count). The van der Waals surface area contributed by atoms with E-state index in [1.165, 1.54) is 112 Å². The van der Waals surface area contributed by atoms with Crippen molar-refractivity contribution in [1.82, 2.24) is 59.9 Å². The molecule has 0 unspecified atom stereocenters. The summed E-state index contributed by atoms with van der Waals surface area (Å²) in [6, 6.07) is 46.8. The fourth-order valence-corrected chi connectivity index (χ4v) is 19.1. The lowest BCUT2D eigenvalue weighted by Crippen LogP contribution is -2.35. The third-order valence-corrected chi connectivity index (χ3v) is 27.3. The van der Waals surface area contributed by atoms with Crippen LogP contribution in [0, 0.1) is 49.4 Å². The Labute approximate surface area is 811 Å². The molecular weight excluding hydrogens is 1870 g/mol. The minimum atomic E-state index is -0.812. The van der Waals surface area contributed by atoms with Gasteiger partial charge in [-0.15, -0.1) is 45.3 Å². The first-order chi connectivity index (χ1) is 67.8. The van der Waals surface area contributed by atoms with Gasteiger partial charge in [0.15, 0.2) is 46.3 Å². The zero-order valence-electron chi connectivity index (χ0n) is 75.4. The summed E-state index contributed by atoms with van der Waals surface area (Å²) in [5, 5.41) is 24.7. The molecular formula is C101H96F4N16O14S4. The number of nitrogen functional groups attached to an aromatic ring is 1. The number of nitrogens with zero attached hydrogens (tertiary/aromatic N) is 13. The number of ketones is 1. The van der Waals surface area contributed by atoms with Crippen molar-refractivity contribution in [2.75, 3.05) is 118 Å². The number of hydrogen-bond acceptors (Lipinski definition) is 32. The van der Waals surface area contributed by atoms with Crippen molar-refractivity contribution in [3.8, 4) is 94.0 Å². The predicted octanol–water partition coefficient (Wildman–Crippen LogP) is 20.7. The summed E-state index contributed by atoms with van der Waals surface area (Å²) in [5.74, 6) is 0.754. The highest BCUT2D eigenvalue weighted by Gasteiger charge is 2.27. The molecule has 12 aromatic heterocycles. The molecule has 139 heavy (non-hydrogen) atoms. The first-order valence-electron chi connectivity index (χ1n) is 45.1. The van der Waals surface area contributed by atoms with Gasteiger partial charge in [0.1, 0.15) is 34.5 Å². The van der Waals surface area contributed by atoms with E-state index in [0.717, 1.165) is 223 Å². The van der Waals surface area contributed by atoms with Crippen LogP contribution in [0.15, 0.2) is 219 Å². The molecule has 0 amide bonds. The van der Waals surface area contributed by atoms with Gasteiger partial charge in [0.2, 0.25) is 0 Å². The Morgan fingerprint density at radius 2 is 0.741 bits per heavy atom. The Morgan fingerprint density at radius 3 is 1.03 bits per heavy atom. The summed E-state index contributed by atoms with van der Waals surface area (Å²) < 4.78 is 110. The van der Waals surface area contributed by atoms with Crippen LogP contribution in [-0.2, 0) is 49.8 Å². The maximum atomic E-state index is 14.9. The van der Waals surface area contributed by atoms with E-state index in [0.29, 0.717) is 74.1 Å². The number of halogens is 4. The second kappa shape index (κ2) is 46.8. The standard InChI is InChI=1S/C29H28FN3O3S.C23H19FN4O4S.C23H21FN4O2S.C19H12FN3O4S.C4H9NO.C3H7N/c30-23-15-20(14-22(34)13-19-1-2-19)4-6-26(23)36-27-7-8-31-25-16-28(37-29(25)27)24-5-3-21(17-32-24)18-33-9-11-35-12-10-33;24-17-11-16(28(29)30)2-4-20(17)32-21-5-6-25-19-12-22(33-23(19)21)18-3-1-15(13-26-18)14-27-7-9-31-10-8-27;24-17-11-16(25)2-4-20(17)30-21-5-6-26-19-12-22(31-23(19)21)18-3-1-15(13-27-18)14-28-7-9-29-10-8-28;1-26-12-3-4-14(22-10-12)18-9-15-19(28-18)17(6-7-21-15)27-16-5-2-11(23(24)25)8-13(16)20;1-3-6-4-2-5-1;4-3-1-2-3/h3-8,15-17,19H,1-2,9-14,18H2;1-6,11-13H,7-10,14H2;1-6,11-13H,7-10,14,25H2;2-10H,1H3;5H,1-4H2;3H,1-2,4H2. The van der Waals surface area contributed by atoms with E-state index in [2.05, 4.69) is 78.1 Å². The van der Waals surface area contributed by atoms with Crippen molar-refractivity contribution in [3.63, 3.8) is 0 Å². The van der Waals surface area contributed by atoms with Crippen LogP contribution in [0.5, 0.6) is 51.7 Å². The van der Waals surface area contributed by atoms with E-state index in [1.54, 1.807) is 80.6 Å². The van der Waals surface area contributed by atoms with Crippen molar-refractivity contribution in [3.05, 3.63) is 285 Å². The number of morpholine rings is 4. The van der Waals surface area contributed by atoms with Gasteiger partial charge in [0, 0.05) is 182 Å². The number of pyridine rings is 8. The van der Waals surface area contributed by atoms with Crippen LogP contribution in [0.2, 0.25) is 0 Å². The van der Waals surface area contributed by atoms with E-state index in [9.17, 15) is 42.6 Å². The number of methoxy groups -OCH3 is 1. The molecule has 6 aliphatic rings. The lowest BCUT2D eigenvalue weighted by Gasteiger charge is -2.26. The highest BCUT2D eigenvalue weighted by molar-refractivity contribution is 7.23. The molecule has 2 saturated carbocycles. The molecule has 0 bridgehead atoms. The van der Waals surface area contributed by atoms with Gasteiger partial charge in [0.25, 0.3) is 11.4 Å². The topological polar surface area (TPSA) is 363 Å². The summed E-state index contributed by atoms with van der Waals surface area (Å²) in [5.41, 5.74) is 20.9. The lowest BCUT2D eigenvalue weighted by molar-refractivity contribution is -0.385. The van der Waals surface area contributed by atoms with Crippen molar-refractivity contribution >= 4 is 109 Å². The first kappa shape index (κ1) is 97.2. The molecule has 6 fully saturated rings. The number of rotatable bonds is 25. The molecule has 30 nitrogen and oxygen atoms in total. The Hall–Kier alpha value is -13.5. The van der Waals surface area contributed by atoms with Gasteiger partial charge in [0.05, 0.1) is 171 Å². The summed E-state index contributed by atoms with van der Waals surface area (Å²) in [6.45, 7) is 16.6. The molecule has 38 heteroatoms. The number of nitro groups is 2. The van der Waals surface area contributed by atoms with Gasteiger partial charge in [-0.25, -0.2) is 17.6 Å². The molecule has 4 saturated heterocycles. The first-order valence-corrected chi connectivity index (χ1v) is 48.3. The molecule has 2 aliphatic carbocycles. The van der Waals surface area contributed by atoms with E-state index in [4.69, 9.17) is 54.1 Å². The number of thiophene rings is 4. The largest absolute Gasteiger partial charge is 0.495 e. The number of ether oxygens (including phenoxy) is 9. The highest BCUT2D eigenvalue weighted by atomic mass is 32.1. The number of hydrogen-bond donors (Lipinski definition) is 3. The van der Waals surface area contributed by atoms with Crippen LogP contribution in [0.25, 0.3) is 83.2 Å². The lowest BCUT2D eigenvalue weighted by atomic mass is 10.0. The van der Waals surface area contributed by atoms with Crippen LogP contribution in [0.4, 0.5) is 34.6 Å². The maximum absolute atomic E-state index is 14.9. The van der Waals surface area contributed by atoms with Gasteiger partial charge in [-0.05, 0) is 145 Å². The molecule has 0 radical (unpaired) electrons. The van der Waals surface area contributed by atoms with Crippen molar-refractivity contribution < 1.29 is 74.8 Å². The number of benzene rings is 4. The fraction of sp³-hybridized carbons (Fsp3) is 0.277. The van der Waals surface area contributed by atoms with Crippen LogP contribution in [0.3, 0.4) is 0 Å². The zero-order chi connectivity index (χ0) is 96.1. The average molecular weight is 1960 g/mol. The molecule has 4 aliphatic heterocycles. The van der Waals surface area contributed by atoms with Gasteiger partial charge in [-0.3, -0.25) is 79.6 Å². The number of nitrogens with one attached hydrogen (secondary N) is 1. The average Bonchev–Trinajstić information content (AvgIpc) is 1.67. The number of non-ortho nitro benzene ring substituents is 2. The minimum absolute atomic E-state index is 0.0892. The second-order valence-corrected chi connectivity index (χ2v) is 37.3. The fourth-order valence-electron chi connectivity index (χ4n) is 14.9. The monoisotopic (exact) mass is 1960 g/mol. The summed E-state index contributed by atoms with van der Waals surface area (Å²) >= 11 is 5.89. The van der Waals surface area contributed by atoms with Crippen LogP contribution in [0.1, 0.15) is 54.4 Å². The molecule has 16 heterocycles. The number of nitro benzene ring substituents is 2. The number of carbonyl (C=O) groups excluding carboxylic acids is 1. The van der Waals surface area contributed by atoms with E-state index in [-0.39, 0.29) is 46.6 Å². The van der Waals surface area contributed by atoms with Crippen molar-refractivity contribution in [1.29, 1.82) is 0 Å². The zero-order valence-corrected chi connectivity index (χ0v) is 78.7. The Morgan fingerprint density at radius 1 is 0.410 bits per heavy atom. The highest BCUT2D eigenvalue weighted by Crippen LogP contribution is 2.46. The Kier molecular flexibility index (Phi) is 32.7. The van der Waals surface area contributed by atoms with Crippen molar-refractivity contribution in [2.45, 2.75) is 64.2 Å².